The van der Waals surface area contributed by atoms with E-state index in [1.807, 2.05) is 4.90 Å². The molecule has 0 unspecified atom stereocenters. The Hall–Kier alpha value is -2.25. The van der Waals surface area contributed by atoms with Crippen LogP contribution >= 0.6 is 0 Å². The molecule has 2 aliphatic rings. The van der Waals surface area contributed by atoms with E-state index in [4.69, 9.17) is 4.74 Å². The lowest BCUT2D eigenvalue weighted by Crippen LogP contribution is -2.48. The number of hydrogen-bond donors (Lipinski definition) is 1. The van der Waals surface area contributed by atoms with Crippen LogP contribution in [0.15, 0.2) is 30.5 Å². The van der Waals surface area contributed by atoms with Crippen molar-refractivity contribution < 1.29 is 13.9 Å². The molecule has 2 atom stereocenters. The van der Waals surface area contributed by atoms with Gasteiger partial charge in [0.25, 0.3) is 5.91 Å². The number of H-pyrrole nitrogens is 1. The van der Waals surface area contributed by atoms with Crippen LogP contribution in [0.1, 0.15) is 10.4 Å². The van der Waals surface area contributed by atoms with Gasteiger partial charge < -0.3 is 9.64 Å². The molecule has 2 aliphatic heterocycles. The van der Waals surface area contributed by atoms with E-state index in [0.717, 1.165) is 12.1 Å². The standard InChI is InChI=1S/C17H19FN4O2/c1-21-6-7-24-15-10-22(9-14(15)21)17(23)13-8-19-20-16(13)11-2-4-12(18)5-3-11/h2-5,8,14-15H,6-7,9-10H2,1H3,(H,19,20)/t14-,15+/m0/s1. The number of benzene rings is 1. The number of morpholine rings is 1. The maximum atomic E-state index is 13.1. The molecule has 2 aromatic rings. The van der Waals surface area contributed by atoms with Gasteiger partial charge in [0, 0.05) is 25.2 Å². The molecular weight excluding hydrogens is 311 g/mol. The minimum atomic E-state index is -0.310. The summed E-state index contributed by atoms with van der Waals surface area (Å²) in [5.74, 6) is -0.385. The van der Waals surface area contributed by atoms with Crippen LogP contribution in [-0.4, -0.2) is 71.3 Å². The third-order valence-corrected chi connectivity index (χ3v) is 4.87. The molecule has 7 heteroatoms. The number of fused-ring (bicyclic) bond motifs is 1. The fourth-order valence-electron chi connectivity index (χ4n) is 3.48. The number of halogens is 1. The number of likely N-dealkylation sites (N-methyl/N-ethyl adjacent to an activating group) is 1. The van der Waals surface area contributed by atoms with E-state index in [0.29, 0.717) is 31.0 Å². The van der Waals surface area contributed by atoms with E-state index in [-0.39, 0.29) is 23.9 Å². The second-order valence-electron chi connectivity index (χ2n) is 6.33. The number of ether oxygens (including phenoxy) is 1. The Bertz CT molecular complexity index is 745. The van der Waals surface area contributed by atoms with Gasteiger partial charge in [-0.05, 0) is 31.3 Å². The van der Waals surface area contributed by atoms with E-state index in [1.165, 1.54) is 18.3 Å². The van der Waals surface area contributed by atoms with Crippen molar-refractivity contribution in [2.45, 2.75) is 12.1 Å². The minimum Gasteiger partial charge on any atom is -0.373 e. The van der Waals surface area contributed by atoms with Crippen LogP contribution in [0.5, 0.6) is 0 Å². The summed E-state index contributed by atoms with van der Waals surface area (Å²) >= 11 is 0. The van der Waals surface area contributed by atoms with Crippen molar-refractivity contribution in [3.05, 3.63) is 41.8 Å². The third kappa shape index (κ3) is 2.59. The molecule has 1 aromatic heterocycles. The van der Waals surface area contributed by atoms with Gasteiger partial charge in [-0.1, -0.05) is 0 Å². The maximum Gasteiger partial charge on any atom is 0.257 e. The number of aromatic nitrogens is 2. The molecule has 1 aromatic carbocycles. The summed E-state index contributed by atoms with van der Waals surface area (Å²) in [7, 11) is 2.07. The molecule has 2 saturated heterocycles. The van der Waals surface area contributed by atoms with E-state index in [2.05, 4.69) is 22.1 Å². The highest BCUT2D eigenvalue weighted by atomic mass is 19.1. The molecule has 1 N–H and O–H groups in total. The molecule has 3 heterocycles. The van der Waals surface area contributed by atoms with Crippen LogP contribution in [-0.2, 0) is 4.74 Å². The smallest absolute Gasteiger partial charge is 0.257 e. The van der Waals surface area contributed by atoms with Crippen molar-refractivity contribution in [1.82, 2.24) is 20.0 Å². The van der Waals surface area contributed by atoms with Crippen molar-refractivity contribution in [2.75, 3.05) is 33.3 Å². The van der Waals surface area contributed by atoms with Crippen LogP contribution in [0.4, 0.5) is 4.39 Å². The zero-order chi connectivity index (χ0) is 16.7. The molecule has 0 saturated carbocycles. The van der Waals surface area contributed by atoms with Gasteiger partial charge in [-0.15, -0.1) is 0 Å². The molecule has 2 fully saturated rings. The fraction of sp³-hybridized carbons (Fsp3) is 0.412. The van der Waals surface area contributed by atoms with Gasteiger partial charge in [0.2, 0.25) is 0 Å². The largest absolute Gasteiger partial charge is 0.373 e. The highest BCUT2D eigenvalue weighted by Crippen LogP contribution is 2.27. The molecule has 4 rings (SSSR count). The number of aromatic amines is 1. The van der Waals surface area contributed by atoms with Crippen molar-refractivity contribution in [1.29, 1.82) is 0 Å². The Balaban J connectivity index is 1.58. The topological polar surface area (TPSA) is 61.5 Å². The second kappa shape index (κ2) is 5.99. The van der Waals surface area contributed by atoms with Gasteiger partial charge >= 0.3 is 0 Å². The number of nitrogens with zero attached hydrogens (tertiary/aromatic N) is 3. The minimum absolute atomic E-state index is 0.0638. The van der Waals surface area contributed by atoms with Crippen molar-refractivity contribution in [3.63, 3.8) is 0 Å². The maximum absolute atomic E-state index is 13.1. The molecular formula is C17H19FN4O2. The van der Waals surface area contributed by atoms with Crippen molar-refractivity contribution in [2.24, 2.45) is 0 Å². The monoisotopic (exact) mass is 330 g/mol. The quantitative estimate of drug-likeness (QED) is 0.903. The molecule has 1 amide bonds. The zero-order valence-corrected chi connectivity index (χ0v) is 13.4. The normalized spacial score (nSPS) is 24.2. The third-order valence-electron chi connectivity index (χ3n) is 4.87. The van der Waals surface area contributed by atoms with Crippen LogP contribution in [0.2, 0.25) is 0 Å². The Labute approximate surface area is 139 Å². The molecule has 6 nitrogen and oxygen atoms in total. The summed E-state index contributed by atoms with van der Waals surface area (Å²) in [6.07, 6.45) is 1.60. The van der Waals surface area contributed by atoms with Gasteiger partial charge in [-0.2, -0.15) is 5.10 Å². The van der Waals surface area contributed by atoms with Crippen LogP contribution in [0, 0.1) is 5.82 Å². The van der Waals surface area contributed by atoms with Crippen molar-refractivity contribution in [3.8, 4) is 11.3 Å². The zero-order valence-electron chi connectivity index (χ0n) is 13.4. The lowest BCUT2D eigenvalue weighted by molar-refractivity contribution is -0.0368. The Morgan fingerprint density at radius 2 is 2.12 bits per heavy atom. The van der Waals surface area contributed by atoms with Crippen LogP contribution < -0.4 is 0 Å². The summed E-state index contributed by atoms with van der Waals surface area (Å²) in [5.41, 5.74) is 1.86. The predicted molar refractivity (Wildman–Crippen MR) is 86.0 cm³/mol. The van der Waals surface area contributed by atoms with Gasteiger partial charge in [0.05, 0.1) is 36.2 Å². The first-order chi connectivity index (χ1) is 11.6. The molecule has 0 radical (unpaired) electrons. The highest BCUT2D eigenvalue weighted by Gasteiger charge is 2.41. The SMILES string of the molecule is CN1CCO[C@@H]2CN(C(=O)c3cn[nH]c3-c3ccc(F)cc3)C[C@@H]21. The van der Waals surface area contributed by atoms with Gasteiger partial charge in [0.1, 0.15) is 5.82 Å². The van der Waals surface area contributed by atoms with E-state index in [1.54, 1.807) is 12.1 Å². The Kier molecular flexibility index (Phi) is 3.82. The summed E-state index contributed by atoms with van der Waals surface area (Å²) in [4.78, 5) is 17.0. The first-order valence-corrected chi connectivity index (χ1v) is 8.04. The molecule has 24 heavy (non-hydrogen) atoms. The number of likely N-dealkylation sites (tertiary alicyclic amines) is 1. The summed E-state index contributed by atoms with van der Waals surface area (Å²) in [6, 6.07) is 6.26. The summed E-state index contributed by atoms with van der Waals surface area (Å²) in [5, 5.41) is 6.87. The molecule has 0 spiro atoms. The average molecular weight is 330 g/mol. The Morgan fingerprint density at radius 1 is 1.33 bits per heavy atom. The van der Waals surface area contributed by atoms with Gasteiger partial charge in [-0.3, -0.25) is 14.8 Å². The molecule has 0 aliphatic carbocycles. The fourth-order valence-corrected chi connectivity index (χ4v) is 3.48. The van der Waals surface area contributed by atoms with E-state index < -0.39 is 0 Å². The van der Waals surface area contributed by atoms with Gasteiger partial charge in [0.15, 0.2) is 0 Å². The van der Waals surface area contributed by atoms with E-state index >= 15 is 0 Å². The van der Waals surface area contributed by atoms with Gasteiger partial charge in [-0.25, -0.2) is 4.39 Å². The lowest BCUT2D eigenvalue weighted by Gasteiger charge is -2.33. The summed E-state index contributed by atoms with van der Waals surface area (Å²) < 4.78 is 18.9. The Morgan fingerprint density at radius 3 is 2.88 bits per heavy atom. The van der Waals surface area contributed by atoms with E-state index in [9.17, 15) is 9.18 Å². The van der Waals surface area contributed by atoms with Crippen LogP contribution in [0.3, 0.4) is 0 Å². The van der Waals surface area contributed by atoms with Crippen molar-refractivity contribution >= 4 is 5.91 Å². The molecule has 126 valence electrons. The number of carbonyl (C=O) groups excluding carboxylic acids is 1. The second-order valence-corrected chi connectivity index (χ2v) is 6.33. The highest BCUT2D eigenvalue weighted by molar-refractivity contribution is 6.00. The number of amides is 1. The predicted octanol–water partition coefficient (Wildman–Crippen LogP) is 1.37. The lowest BCUT2D eigenvalue weighted by atomic mass is 10.1. The average Bonchev–Trinajstić information content (AvgIpc) is 3.22. The first-order valence-electron chi connectivity index (χ1n) is 8.04. The summed E-state index contributed by atoms with van der Waals surface area (Å²) in [6.45, 7) is 2.82. The number of nitrogens with one attached hydrogen (secondary N) is 1. The van der Waals surface area contributed by atoms with Crippen LogP contribution in [0.25, 0.3) is 11.3 Å². The molecule has 0 bridgehead atoms. The first kappa shape index (κ1) is 15.3. The number of rotatable bonds is 2. The number of hydrogen-bond acceptors (Lipinski definition) is 4. The number of carbonyl (C=O) groups is 1.